The van der Waals surface area contributed by atoms with Crippen LogP contribution < -0.4 is 5.32 Å². The molecule has 2 nitrogen and oxygen atoms in total. The van der Waals surface area contributed by atoms with Gasteiger partial charge in [0.2, 0.25) is 0 Å². The van der Waals surface area contributed by atoms with Crippen LogP contribution in [0.5, 0.6) is 0 Å². The third-order valence-corrected chi connectivity index (χ3v) is 4.83. The van der Waals surface area contributed by atoms with Crippen LogP contribution in [-0.4, -0.2) is 16.8 Å². The largest absolute Gasteiger partial charge is 0.346 e. The maximum Gasteiger partial charge on any atom is 0.252 e. The lowest BCUT2D eigenvalue weighted by molar-refractivity contribution is 0.0855. The zero-order chi connectivity index (χ0) is 11.6. The van der Waals surface area contributed by atoms with Crippen LogP contribution in [0.4, 0.5) is 0 Å². The van der Waals surface area contributed by atoms with E-state index in [1.165, 1.54) is 6.42 Å². The van der Waals surface area contributed by atoms with Crippen molar-refractivity contribution in [2.75, 3.05) is 5.33 Å². The van der Waals surface area contributed by atoms with Gasteiger partial charge >= 0.3 is 0 Å². The predicted molar refractivity (Wildman–Crippen MR) is 72.0 cm³/mol. The van der Waals surface area contributed by atoms with Gasteiger partial charge in [-0.2, -0.15) is 0 Å². The van der Waals surface area contributed by atoms with E-state index >= 15 is 0 Å². The van der Waals surface area contributed by atoms with Gasteiger partial charge in [-0.15, -0.1) is 0 Å². The van der Waals surface area contributed by atoms with Crippen LogP contribution in [-0.2, 0) is 0 Å². The number of hydrogen-bond acceptors (Lipinski definition) is 1. The Morgan fingerprint density at radius 2 is 2.06 bits per heavy atom. The molecule has 0 radical (unpaired) electrons. The first kappa shape index (κ1) is 12.1. The highest BCUT2D eigenvalue weighted by Gasteiger charge is 2.37. The summed E-state index contributed by atoms with van der Waals surface area (Å²) in [4.78, 5) is 12.1. The van der Waals surface area contributed by atoms with E-state index in [-0.39, 0.29) is 11.4 Å². The smallest absolute Gasteiger partial charge is 0.252 e. The van der Waals surface area contributed by atoms with Crippen LogP contribution in [0.2, 0.25) is 0 Å². The fraction of sp³-hybridized carbons (Fsp3) is 0.417. The minimum Gasteiger partial charge on any atom is -0.346 e. The SMILES string of the molecule is O=C(NC1(CBr)CCC1)c1ccccc1Br. The van der Waals surface area contributed by atoms with Gasteiger partial charge in [-0.3, -0.25) is 4.79 Å². The normalized spacial score (nSPS) is 17.6. The number of carbonyl (C=O) groups excluding carboxylic acids is 1. The molecule has 1 aromatic rings. The second-order valence-corrected chi connectivity index (χ2v) is 5.62. The first-order valence-electron chi connectivity index (χ1n) is 5.30. The van der Waals surface area contributed by atoms with E-state index in [2.05, 4.69) is 37.2 Å². The number of hydrogen-bond donors (Lipinski definition) is 1. The zero-order valence-electron chi connectivity index (χ0n) is 8.80. The quantitative estimate of drug-likeness (QED) is 0.834. The minimum absolute atomic E-state index is 0.00613. The second kappa shape index (κ2) is 4.88. The molecule has 1 aromatic carbocycles. The zero-order valence-corrected chi connectivity index (χ0v) is 12.0. The monoisotopic (exact) mass is 345 g/mol. The van der Waals surface area contributed by atoms with E-state index in [1.807, 2.05) is 24.3 Å². The van der Waals surface area contributed by atoms with Crippen molar-refractivity contribution in [2.24, 2.45) is 0 Å². The molecule has 0 spiro atoms. The fourth-order valence-corrected chi connectivity index (χ4v) is 3.01. The number of rotatable bonds is 3. The van der Waals surface area contributed by atoms with Crippen LogP contribution in [0.3, 0.4) is 0 Å². The molecule has 0 unspecified atom stereocenters. The molecule has 1 amide bonds. The molecule has 1 aliphatic rings. The molecule has 1 saturated carbocycles. The van der Waals surface area contributed by atoms with Crippen molar-refractivity contribution in [3.05, 3.63) is 34.3 Å². The summed E-state index contributed by atoms with van der Waals surface area (Å²) in [6.45, 7) is 0. The first-order chi connectivity index (χ1) is 7.67. The summed E-state index contributed by atoms with van der Waals surface area (Å²) in [5.74, 6) is 0.00613. The predicted octanol–water partition coefficient (Wildman–Crippen LogP) is 3.50. The Kier molecular flexibility index (Phi) is 3.70. The molecule has 4 heteroatoms. The third kappa shape index (κ3) is 2.33. The molecule has 1 N–H and O–H groups in total. The molecule has 0 saturated heterocycles. The summed E-state index contributed by atoms with van der Waals surface area (Å²) in [6, 6.07) is 7.50. The summed E-state index contributed by atoms with van der Waals surface area (Å²) in [5, 5.41) is 3.95. The Hall–Kier alpha value is -0.350. The van der Waals surface area contributed by atoms with Gasteiger partial charge in [0.15, 0.2) is 0 Å². The van der Waals surface area contributed by atoms with Crippen LogP contribution >= 0.6 is 31.9 Å². The first-order valence-corrected chi connectivity index (χ1v) is 7.21. The molecule has 0 aliphatic heterocycles. The third-order valence-electron chi connectivity index (χ3n) is 3.06. The Morgan fingerprint density at radius 3 is 2.56 bits per heavy atom. The van der Waals surface area contributed by atoms with E-state index in [4.69, 9.17) is 0 Å². The minimum atomic E-state index is -0.0215. The van der Waals surface area contributed by atoms with Crippen LogP contribution in [0.1, 0.15) is 29.6 Å². The number of benzene rings is 1. The lowest BCUT2D eigenvalue weighted by atomic mass is 9.78. The van der Waals surface area contributed by atoms with Crippen molar-refractivity contribution in [3.8, 4) is 0 Å². The van der Waals surface area contributed by atoms with Crippen molar-refractivity contribution in [1.82, 2.24) is 5.32 Å². The molecule has 2 rings (SSSR count). The van der Waals surface area contributed by atoms with Gasteiger partial charge in [0.05, 0.1) is 11.1 Å². The van der Waals surface area contributed by atoms with E-state index in [9.17, 15) is 4.79 Å². The van der Waals surface area contributed by atoms with Crippen molar-refractivity contribution in [3.63, 3.8) is 0 Å². The topological polar surface area (TPSA) is 29.1 Å². The van der Waals surface area contributed by atoms with Crippen molar-refractivity contribution in [2.45, 2.75) is 24.8 Å². The molecule has 0 aromatic heterocycles. The average molecular weight is 347 g/mol. The molecule has 0 atom stereocenters. The number of halogens is 2. The number of alkyl halides is 1. The molecule has 1 fully saturated rings. The lowest BCUT2D eigenvalue weighted by Gasteiger charge is -2.41. The molecule has 0 heterocycles. The Bertz CT molecular complexity index is 396. The second-order valence-electron chi connectivity index (χ2n) is 4.20. The van der Waals surface area contributed by atoms with Gasteiger partial charge in [0, 0.05) is 9.80 Å². The van der Waals surface area contributed by atoms with E-state index in [0.717, 1.165) is 22.6 Å². The van der Waals surface area contributed by atoms with Crippen LogP contribution in [0.25, 0.3) is 0 Å². The molecule has 16 heavy (non-hydrogen) atoms. The number of carbonyl (C=O) groups is 1. The summed E-state index contributed by atoms with van der Waals surface area (Å²) in [7, 11) is 0. The van der Waals surface area contributed by atoms with Crippen LogP contribution in [0, 0.1) is 0 Å². The Morgan fingerprint density at radius 1 is 1.38 bits per heavy atom. The van der Waals surface area contributed by atoms with Crippen LogP contribution in [0.15, 0.2) is 28.7 Å². The van der Waals surface area contributed by atoms with Gasteiger partial charge in [-0.05, 0) is 47.3 Å². The maximum absolute atomic E-state index is 12.1. The molecule has 86 valence electrons. The lowest BCUT2D eigenvalue weighted by Crippen LogP contribution is -2.54. The summed E-state index contributed by atoms with van der Waals surface area (Å²) < 4.78 is 0.844. The van der Waals surface area contributed by atoms with Crippen molar-refractivity contribution < 1.29 is 4.79 Å². The highest BCUT2D eigenvalue weighted by atomic mass is 79.9. The molecule has 0 bridgehead atoms. The summed E-state index contributed by atoms with van der Waals surface area (Å²) in [5.41, 5.74) is 0.682. The number of nitrogens with one attached hydrogen (secondary N) is 1. The van der Waals surface area contributed by atoms with Crippen molar-refractivity contribution in [1.29, 1.82) is 0 Å². The van der Waals surface area contributed by atoms with Gasteiger partial charge in [0.25, 0.3) is 5.91 Å². The van der Waals surface area contributed by atoms with E-state index < -0.39 is 0 Å². The average Bonchev–Trinajstić information content (AvgIpc) is 2.24. The highest BCUT2D eigenvalue weighted by Crippen LogP contribution is 2.34. The van der Waals surface area contributed by atoms with Gasteiger partial charge in [-0.25, -0.2) is 0 Å². The maximum atomic E-state index is 12.1. The van der Waals surface area contributed by atoms with Gasteiger partial charge in [-0.1, -0.05) is 28.1 Å². The summed E-state index contributed by atoms with van der Waals surface area (Å²) in [6.07, 6.45) is 3.32. The number of amides is 1. The summed E-state index contributed by atoms with van der Waals surface area (Å²) >= 11 is 6.87. The molecular weight excluding hydrogens is 334 g/mol. The van der Waals surface area contributed by atoms with E-state index in [0.29, 0.717) is 5.56 Å². The molecular formula is C12H13Br2NO. The Labute approximate surface area is 112 Å². The Balaban J connectivity index is 2.11. The van der Waals surface area contributed by atoms with Crippen molar-refractivity contribution >= 4 is 37.8 Å². The standard InChI is InChI=1S/C12H13Br2NO/c13-8-12(6-3-7-12)15-11(16)9-4-1-2-5-10(9)14/h1-2,4-5H,3,6-8H2,(H,15,16). The fourth-order valence-electron chi connectivity index (χ4n) is 1.85. The molecule has 1 aliphatic carbocycles. The van der Waals surface area contributed by atoms with Gasteiger partial charge < -0.3 is 5.32 Å². The van der Waals surface area contributed by atoms with Gasteiger partial charge in [0.1, 0.15) is 0 Å². The highest BCUT2D eigenvalue weighted by molar-refractivity contribution is 9.10. The van der Waals surface area contributed by atoms with E-state index in [1.54, 1.807) is 0 Å².